The van der Waals surface area contributed by atoms with Gasteiger partial charge in [0, 0.05) is 5.75 Å². The third-order valence-corrected chi connectivity index (χ3v) is 5.92. The molecule has 0 saturated heterocycles. The fourth-order valence-electron chi connectivity index (χ4n) is 0.848. The molecule has 0 bridgehead atoms. The summed E-state index contributed by atoms with van der Waals surface area (Å²) in [6.45, 7) is 3.21. The zero-order valence-electron chi connectivity index (χ0n) is 9.84. The Balaban J connectivity index is 4.18. The van der Waals surface area contributed by atoms with Crippen LogP contribution in [0.3, 0.4) is 0 Å². The first-order chi connectivity index (χ1) is 7.39. The molecule has 0 aliphatic carbocycles. The molecule has 0 aromatic rings. The molecule has 0 spiro atoms. The Kier molecular flexibility index (Phi) is 7.97. The lowest BCUT2D eigenvalue weighted by atomic mass is 10.9. The molecule has 0 aliphatic heterocycles. The minimum atomic E-state index is -3.04. The van der Waals surface area contributed by atoms with E-state index in [0.29, 0.717) is 13.2 Å². The van der Waals surface area contributed by atoms with Gasteiger partial charge in [0.2, 0.25) is 0 Å². The van der Waals surface area contributed by atoms with Gasteiger partial charge in [-0.05, 0) is 25.7 Å². The first-order valence-electron chi connectivity index (χ1n) is 5.13. The van der Waals surface area contributed by atoms with E-state index in [2.05, 4.69) is 0 Å². The van der Waals surface area contributed by atoms with Gasteiger partial charge in [0.15, 0.2) is 9.84 Å². The first-order valence-corrected chi connectivity index (χ1v) is 9.51. The summed E-state index contributed by atoms with van der Waals surface area (Å²) in [5.41, 5.74) is 0. The highest BCUT2D eigenvalue weighted by Crippen LogP contribution is 2.49. The van der Waals surface area contributed by atoms with E-state index in [-0.39, 0.29) is 18.1 Å². The van der Waals surface area contributed by atoms with Crippen LogP contribution in [0.2, 0.25) is 0 Å². The molecular formula is C8H19O5PS2. The average Bonchev–Trinajstić information content (AvgIpc) is 2.18. The Labute approximate surface area is 103 Å². The van der Waals surface area contributed by atoms with Gasteiger partial charge >= 0.3 is 6.72 Å². The second-order valence-corrected chi connectivity index (χ2v) is 8.34. The second kappa shape index (κ2) is 7.74. The third-order valence-electron chi connectivity index (χ3n) is 1.66. The van der Waals surface area contributed by atoms with Gasteiger partial charge in [-0.1, -0.05) is 6.92 Å². The Morgan fingerprint density at radius 1 is 1.06 bits per heavy atom. The molecule has 0 heterocycles. The largest absolute Gasteiger partial charge is 0.327 e. The van der Waals surface area contributed by atoms with Crippen LogP contribution in [0, 0.1) is 0 Å². The van der Waals surface area contributed by atoms with Gasteiger partial charge in [-0.3, -0.25) is 0 Å². The van der Waals surface area contributed by atoms with Gasteiger partial charge in [-0.25, -0.2) is 8.42 Å². The number of hydrogen-bond acceptors (Lipinski definition) is 6. The van der Waals surface area contributed by atoms with Crippen molar-refractivity contribution >= 4 is 28.4 Å². The highest BCUT2D eigenvalue weighted by Gasteiger charge is 2.20. The molecule has 5 nitrogen and oxygen atoms in total. The van der Waals surface area contributed by atoms with Crippen molar-refractivity contribution < 1.29 is 22.0 Å². The van der Waals surface area contributed by atoms with Crippen LogP contribution in [-0.2, 0) is 35.2 Å². The van der Waals surface area contributed by atoms with Crippen molar-refractivity contribution in [3.63, 3.8) is 0 Å². The molecule has 16 heavy (non-hydrogen) atoms. The maximum atomic E-state index is 11.2. The third kappa shape index (κ3) is 6.93. The van der Waals surface area contributed by atoms with Crippen LogP contribution >= 0.6 is 6.72 Å². The predicted molar refractivity (Wildman–Crippen MR) is 67.8 cm³/mol. The highest BCUT2D eigenvalue weighted by atomic mass is 32.5. The van der Waals surface area contributed by atoms with Crippen molar-refractivity contribution in [2.45, 2.75) is 20.8 Å². The fraction of sp³-hybridized carbons (Fsp3) is 1.00. The Morgan fingerprint density at radius 3 is 1.94 bits per heavy atom. The number of hydrogen-bond donors (Lipinski definition) is 0. The minimum absolute atomic E-state index is 0.0213. The van der Waals surface area contributed by atoms with Crippen LogP contribution in [-0.4, -0.2) is 39.7 Å². The van der Waals surface area contributed by atoms with E-state index in [1.807, 2.05) is 0 Å². The molecule has 0 amide bonds. The molecule has 0 saturated carbocycles. The smallest absolute Gasteiger partial charge is 0.309 e. The van der Waals surface area contributed by atoms with Crippen molar-refractivity contribution in [3.8, 4) is 0 Å². The van der Waals surface area contributed by atoms with E-state index in [1.54, 1.807) is 20.8 Å². The SMILES string of the molecule is CCOP(=S)(OCC)OCCS(=O)(=O)CC. The Morgan fingerprint density at radius 2 is 1.56 bits per heavy atom. The zero-order chi connectivity index (χ0) is 12.7. The molecule has 98 valence electrons. The molecule has 0 aromatic carbocycles. The van der Waals surface area contributed by atoms with Crippen LogP contribution in [0.4, 0.5) is 0 Å². The summed E-state index contributed by atoms with van der Waals surface area (Å²) in [5.74, 6) is 0.0462. The maximum Gasteiger partial charge on any atom is 0.327 e. The minimum Gasteiger partial charge on any atom is -0.309 e. The van der Waals surface area contributed by atoms with E-state index in [1.165, 1.54) is 0 Å². The predicted octanol–water partition coefficient (Wildman–Crippen LogP) is 1.74. The van der Waals surface area contributed by atoms with Crippen LogP contribution in [0.15, 0.2) is 0 Å². The topological polar surface area (TPSA) is 61.8 Å². The summed E-state index contributed by atoms with van der Waals surface area (Å²) in [5, 5.41) is 0. The standard InChI is InChI=1S/C8H19O5PS2/c1-4-11-14(15,12-5-2)13-7-8-16(9,10)6-3/h4-8H2,1-3H3. The second-order valence-electron chi connectivity index (χ2n) is 2.85. The molecule has 0 aliphatic rings. The van der Waals surface area contributed by atoms with Crippen molar-refractivity contribution in [3.05, 3.63) is 0 Å². The summed E-state index contributed by atoms with van der Waals surface area (Å²) >= 11 is 5.07. The molecule has 0 rings (SSSR count). The molecule has 0 unspecified atom stereocenters. The summed E-state index contributed by atoms with van der Waals surface area (Å²) in [6.07, 6.45) is 0. The van der Waals surface area contributed by atoms with Crippen molar-refractivity contribution in [2.75, 3.05) is 31.3 Å². The molecular weight excluding hydrogens is 271 g/mol. The van der Waals surface area contributed by atoms with Gasteiger partial charge in [0.25, 0.3) is 0 Å². The zero-order valence-corrected chi connectivity index (χ0v) is 12.4. The fourth-order valence-corrected chi connectivity index (χ4v) is 3.62. The van der Waals surface area contributed by atoms with E-state index < -0.39 is 16.6 Å². The Bertz CT molecular complexity index is 317. The average molecular weight is 290 g/mol. The van der Waals surface area contributed by atoms with Crippen molar-refractivity contribution in [1.82, 2.24) is 0 Å². The van der Waals surface area contributed by atoms with E-state index >= 15 is 0 Å². The van der Waals surface area contributed by atoms with Crippen LogP contribution in [0.5, 0.6) is 0 Å². The number of sulfone groups is 1. The molecule has 0 aromatic heterocycles. The molecule has 0 atom stereocenters. The van der Waals surface area contributed by atoms with Crippen LogP contribution in [0.1, 0.15) is 20.8 Å². The summed E-state index contributed by atoms with van der Waals surface area (Å²) in [6, 6.07) is 0. The van der Waals surface area contributed by atoms with Crippen molar-refractivity contribution in [2.24, 2.45) is 0 Å². The van der Waals surface area contributed by atoms with E-state index in [0.717, 1.165) is 0 Å². The lowest BCUT2D eigenvalue weighted by Crippen LogP contribution is -2.14. The van der Waals surface area contributed by atoms with Crippen molar-refractivity contribution in [1.29, 1.82) is 0 Å². The normalized spacial score (nSPS) is 12.9. The van der Waals surface area contributed by atoms with Gasteiger partial charge in [0.05, 0.1) is 25.6 Å². The summed E-state index contributed by atoms with van der Waals surface area (Å²) < 4.78 is 38.1. The van der Waals surface area contributed by atoms with E-state index in [9.17, 15) is 8.42 Å². The molecule has 0 radical (unpaired) electrons. The van der Waals surface area contributed by atoms with Gasteiger partial charge < -0.3 is 13.6 Å². The Hall–Kier alpha value is 0.480. The highest BCUT2D eigenvalue weighted by molar-refractivity contribution is 8.07. The molecule has 0 fully saturated rings. The number of rotatable bonds is 9. The maximum absolute atomic E-state index is 11.2. The lowest BCUT2D eigenvalue weighted by Gasteiger charge is -2.20. The van der Waals surface area contributed by atoms with E-state index in [4.69, 9.17) is 25.4 Å². The quantitative estimate of drug-likeness (QED) is 0.603. The summed E-state index contributed by atoms with van der Waals surface area (Å²) in [4.78, 5) is 0. The first kappa shape index (κ1) is 16.5. The van der Waals surface area contributed by atoms with Gasteiger partial charge in [-0.15, -0.1) is 0 Å². The molecule has 0 N–H and O–H groups in total. The van der Waals surface area contributed by atoms with Crippen LogP contribution in [0.25, 0.3) is 0 Å². The molecule has 8 heteroatoms. The monoisotopic (exact) mass is 290 g/mol. The van der Waals surface area contributed by atoms with Gasteiger partial charge in [0.1, 0.15) is 0 Å². The van der Waals surface area contributed by atoms with Crippen LogP contribution < -0.4 is 0 Å². The summed E-state index contributed by atoms with van der Waals surface area (Å²) in [7, 11) is -3.04. The lowest BCUT2D eigenvalue weighted by molar-refractivity contribution is 0.173. The van der Waals surface area contributed by atoms with Gasteiger partial charge in [-0.2, -0.15) is 0 Å².